The highest BCUT2D eigenvalue weighted by Gasteiger charge is 2.05. The number of aryl methyl sites for hydroxylation is 1. The average Bonchev–Trinajstić information content (AvgIpc) is 1.85. The lowest BCUT2D eigenvalue weighted by Crippen LogP contribution is -1.88. The van der Waals surface area contributed by atoms with E-state index in [4.69, 9.17) is 28.5 Å². The van der Waals surface area contributed by atoms with E-state index < -0.39 is 0 Å². The lowest BCUT2D eigenvalue weighted by atomic mass is 10.2. The first-order chi connectivity index (χ1) is 5.15. The molecule has 0 unspecified atom stereocenters. The summed E-state index contributed by atoms with van der Waals surface area (Å²) < 4.78 is 0. The average molecular weight is 187 g/mol. The summed E-state index contributed by atoms with van der Waals surface area (Å²) in [6, 6.07) is 3.39. The van der Waals surface area contributed by atoms with Crippen molar-refractivity contribution in [3.63, 3.8) is 0 Å². The number of hydrogen-bond acceptors (Lipinski definition) is 2. The van der Waals surface area contributed by atoms with E-state index in [0.29, 0.717) is 21.4 Å². The van der Waals surface area contributed by atoms with Gasteiger partial charge in [0.15, 0.2) is 0 Å². The van der Waals surface area contributed by atoms with Crippen LogP contribution in [0.25, 0.3) is 0 Å². The zero-order chi connectivity index (χ0) is 8.43. The van der Waals surface area contributed by atoms with Crippen LogP contribution in [0.1, 0.15) is 11.3 Å². The minimum absolute atomic E-state index is 0.312. The van der Waals surface area contributed by atoms with Gasteiger partial charge in [-0.15, -0.1) is 0 Å². The van der Waals surface area contributed by atoms with Gasteiger partial charge in [0.25, 0.3) is 0 Å². The Morgan fingerprint density at radius 2 is 2.18 bits per heavy atom. The fraction of sp³-hybridized carbons (Fsp3) is 0.143. The molecule has 0 atom stereocenters. The third-order valence-corrected chi connectivity index (χ3v) is 1.72. The van der Waals surface area contributed by atoms with Gasteiger partial charge in [0.2, 0.25) is 0 Å². The van der Waals surface area contributed by atoms with Crippen LogP contribution in [-0.2, 0) is 0 Å². The van der Waals surface area contributed by atoms with Gasteiger partial charge in [0.05, 0.1) is 16.3 Å². The molecule has 0 bridgehead atoms. The Labute approximate surface area is 74.4 Å². The number of nitrogens with zero attached hydrogens (tertiary/aromatic N) is 2. The van der Waals surface area contributed by atoms with Crippen LogP contribution in [0.15, 0.2) is 6.07 Å². The van der Waals surface area contributed by atoms with Crippen LogP contribution in [0.5, 0.6) is 0 Å². The van der Waals surface area contributed by atoms with Crippen molar-refractivity contribution in [1.29, 1.82) is 5.26 Å². The van der Waals surface area contributed by atoms with Crippen LogP contribution in [0.4, 0.5) is 0 Å². The Balaban J connectivity index is 3.40. The number of halogens is 2. The molecule has 1 aromatic rings. The standard InChI is InChI=1S/C7H4Cl2N2/c1-4-5(3-10)6(8)2-7(9)11-4/h2H,1H3. The Morgan fingerprint density at radius 1 is 1.55 bits per heavy atom. The normalized spacial score (nSPS) is 9.27. The van der Waals surface area contributed by atoms with Crippen molar-refractivity contribution in [3.8, 4) is 6.07 Å². The summed E-state index contributed by atoms with van der Waals surface area (Å²) in [5, 5.41) is 9.24. The van der Waals surface area contributed by atoms with Crippen molar-refractivity contribution in [1.82, 2.24) is 4.98 Å². The first-order valence-electron chi connectivity index (χ1n) is 2.88. The van der Waals surface area contributed by atoms with Crippen LogP contribution < -0.4 is 0 Å². The molecule has 56 valence electrons. The van der Waals surface area contributed by atoms with E-state index in [0.717, 1.165) is 0 Å². The second-order valence-corrected chi connectivity index (χ2v) is 2.79. The van der Waals surface area contributed by atoms with Crippen molar-refractivity contribution in [2.75, 3.05) is 0 Å². The molecule has 1 aromatic heterocycles. The summed E-state index contributed by atoms with van der Waals surface area (Å²) in [6.07, 6.45) is 0. The van der Waals surface area contributed by atoms with Gasteiger partial charge in [-0.2, -0.15) is 5.26 Å². The van der Waals surface area contributed by atoms with E-state index >= 15 is 0 Å². The van der Waals surface area contributed by atoms with Crippen molar-refractivity contribution in [3.05, 3.63) is 27.5 Å². The quantitative estimate of drug-likeness (QED) is 0.585. The molecule has 0 N–H and O–H groups in total. The van der Waals surface area contributed by atoms with Crippen LogP contribution >= 0.6 is 23.2 Å². The van der Waals surface area contributed by atoms with E-state index in [2.05, 4.69) is 4.98 Å². The molecule has 2 nitrogen and oxygen atoms in total. The molecule has 1 rings (SSSR count). The number of nitriles is 1. The predicted octanol–water partition coefficient (Wildman–Crippen LogP) is 2.57. The molecule has 0 radical (unpaired) electrons. The summed E-state index contributed by atoms with van der Waals surface area (Å²) in [4.78, 5) is 3.86. The maximum absolute atomic E-state index is 8.57. The highest BCUT2D eigenvalue weighted by molar-refractivity contribution is 6.34. The number of rotatable bonds is 0. The Kier molecular flexibility index (Phi) is 2.33. The molecule has 0 fully saturated rings. The largest absolute Gasteiger partial charge is 0.240 e. The summed E-state index contributed by atoms with van der Waals surface area (Å²) in [6.45, 7) is 1.69. The fourth-order valence-corrected chi connectivity index (χ4v) is 1.31. The molecule has 0 saturated carbocycles. The molecule has 4 heteroatoms. The predicted molar refractivity (Wildman–Crippen MR) is 43.7 cm³/mol. The summed E-state index contributed by atoms with van der Waals surface area (Å²) in [5.41, 5.74) is 0.945. The second kappa shape index (κ2) is 3.08. The first-order valence-corrected chi connectivity index (χ1v) is 3.63. The van der Waals surface area contributed by atoms with Gasteiger partial charge in [-0.1, -0.05) is 23.2 Å². The highest BCUT2D eigenvalue weighted by atomic mass is 35.5. The van der Waals surface area contributed by atoms with Gasteiger partial charge in [-0.25, -0.2) is 4.98 Å². The van der Waals surface area contributed by atoms with Crippen LogP contribution in [-0.4, -0.2) is 4.98 Å². The molecule has 0 amide bonds. The van der Waals surface area contributed by atoms with Gasteiger partial charge in [0.1, 0.15) is 11.2 Å². The molecule has 0 spiro atoms. The Hall–Kier alpha value is -0.780. The van der Waals surface area contributed by atoms with E-state index in [1.165, 1.54) is 6.07 Å². The second-order valence-electron chi connectivity index (χ2n) is 2.00. The molecule has 0 aliphatic carbocycles. The minimum Gasteiger partial charge on any atom is -0.240 e. The highest BCUT2D eigenvalue weighted by Crippen LogP contribution is 2.20. The Bertz CT molecular complexity index is 305. The van der Waals surface area contributed by atoms with E-state index in [9.17, 15) is 0 Å². The van der Waals surface area contributed by atoms with Crippen LogP contribution in [0.2, 0.25) is 10.2 Å². The van der Waals surface area contributed by atoms with Gasteiger partial charge in [0, 0.05) is 0 Å². The van der Waals surface area contributed by atoms with Crippen LogP contribution in [0, 0.1) is 18.3 Å². The summed E-state index contributed by atoms with van der Waals surface area (Å²) in [5.74, 6) is 0. The molecule has 0 aromatic carbocycles. The van der Waals surface area contributed by atoms with E-state index in [1.807, 2.05) is 6.07 Å². The zero-order valence-corrected chi connectivity index (χ0v) is 7.24. The van der Waals surface area contributed by atoms with Crippen molar-refractivity contribution in [2.24, 2.45) is 0 Å². The lowest BCUT2D eigenvalue weighted by Gasteiger charge is -1.98. The van der Waals surface area contributed by atoms with Gasteiger partial charge < -0.3 is 0 Å². The van der Waals surface area contributed by atoms with Gasteiger partial charge in [-0.05, 0) is 13.0 Å². The lowest BCUT2D eigenvalue weighted by molar-refractivity contribution is 1.18. The van der Waals surface area contributed by atoms with E-state index in [1.54, 1.807) is 6.92 Å². The van der Waals surface area contributed by atoms with Crippen molar-refractivity contribution >= 4 is 23.2 Å². The molecular formula is C7H4Cl2N2. The smallest absolute Gasteiger partial charge is 0.130 e. The molecule has 0 aliphatic rings. The summed E-state index contributed by atoms with van der Waals surface area (Å²) >= 11 is 11.3. The zero-order valence-electron chi connectivity index (χ0n) is 5.73. The monoisotopic (exact) mass is 186 g/mol. The molecular weight excluding hydrogens is 183 g/mol. The van der Waals surface area contributed by atoms with Crippen molar-refractivity contribution in [2.45, 2.75) is 6.92 Å². The molecule has 11 heavy (non-hydrogen) atoms. The molecule has 1 heterocycles. The van der Waals surface area contributed by atoms with E-state index in [-0.39, 0.29) is 0 Å². The summed E-state index contributed by atoms with van der Waals surface area (Å²) in [7, 11) is 0. The fourth-order valence-electron chi connectivity index (χ4n) is 0.732. The molecule has 0 saturated heterocycles. The Morgan fingerprint density at radius 3 is 2.64 bits per heavy atom. The topological polar surface area (TPSA) is 36.7 Å². The maximum atomic E-state index is 8.57. The van der Waals surface area contributed by atoms with Gasteiger partial charge in [-0.3, -0.25) is 0 Å². The third kappa shape index (κ3) is 1.62. The SMILES string of the molecule is Cc1nc(Cl)cc(Cl)c1C#N. The minimum atomic E-state index is 0.312. The molecule has 0 aliphatic heterocycles. The maximum Gasteiger partial charge on any atom is 0.130 e. The third-order valence-electron chi connectivity index (χ3n) is 1.23. The number of hydrogen-bond donors (Lipinski definition) is 0. The van der Waals surface area contributed by atoms with Crippen LogP contribution in [0.3, 0.4) is 0 Å². The number of pyridine rings is 1. The first kappa shape index (κ1) is 8.32. The van der Waals surface area contributed by atoms with Gasteiger partial charge >= 0.3 is 0 Å². The van der Waals surface area contributed by atoms with Crippen molar-refractivity contribution < 1.29 is 0 Å². The number of aromatic nitrogens is 1.